The zero-order valence-electron chi connectivity index (χ0n) is 11.3. The Labute approximate surface area is 117 Å². The Morgan fingerprint density at radius 1 is 1.45 bits per heavy atom. The maximum absolute atomic E-state index is 12.1. The third-order valence-corrected chi connectivity index (χ3v) is 4.63. The Hall–Kier alpha value is -1.89. The molecule has 1 atom stereocenters. The Morgan fingerprint density at radius 3 is 2.85 bits per heavy atom. The van der Waals surface area contributed by atoms with Crippen LogP contribution in [0.25, 0.3) is 5.65 Å². The second-order valence-electron chi connectivity index (χ2n) is 4.68. The van der Waals surface area contributed by atoms with E-state index in [0.29, 0.717) is 11.3 Å². The van der Waals surface area contributed by atoms with Gasteiger partial charge in [-0.1, -0.05) is 13.0 Å². The summed E-state index contributed by atoms with van der Waals surface area (Å²) in [5.74, 6) is -1.63. The van der Waals surface area contributed by atoms with Crippen LogP contribution in [0.3, 0.4) is 0 Å². The summed E-state index contributed by atoms with van der Waals surface area (Å²) >= 11 is 0. The lowest BCUT2D eigenvalue weighted by Crippen LogP contribution is -2.23. The summed E-state index contributed by atoms with van der Waals surface area (Å²) in [6, 6.07) is 5.47. The minimum atomic E-state index is -3.41. The standard InChI is InChI=1S/C13H16N2O4S/c1-10(13(16)19-2)8-20(17,18)9-11-7-15-6-4-3-5-12(15)14-11/h3-7,10H,8-9H2,1-2H3. The number of carbonyl (C=O) groups excluding carboxylic acids is 1. The van der Waals surface area contributed by atoms with Crippen molar-refractivity contribution in [3.8, 4) is 0 Å². The van der Waals surface area contributed by atoms with Gasteiger partial charge in [0.15, 0.2) is 9.84 Å². The molecule has 2 heterocycles. The van der Waals surface area contributed by atoms with E-state index in [1.54, 1.807) is 22.9 Å². The van der Waals surface area contributed by atoms with Gasteiger partial charge in [-0.05, 0) is 12.1 Å². The van der Waals surface area contributed by atoms with Crippen LogP contribution >= 0.6 is 0 Å². The Bertz CT molecular complexity index is 688. The zero-order chi connectivity index (χ0) is 14.8. The molecule has 2 rings (SSSR count). The lowest BCUT2D eigenvalue weighted by atomic mass is 10.2. The van der Waals surface area contributed by atoms with Crippen LogP contribution in [0.5, 0.6) is 0 Å². The molecule has 0 radical (unpaired) electrons. The fraction of sp³-hybridized carbons (Fsp3) is 0.385. The minimum absolute atomic E-state index is 0.185. The van der Waals surface area contributed by atoms with Crippen molar-refractivity contribution in [1.29, 1.82) is 0 Å². The van der Waals surface area contributed by atoms with Gasteiger partial charge >= 0.3 is 5.97 Å². The summed E-state index contributed by atoms with van der Waals surface area (Å²) in [6.07, 6.45) is 3.48. The molecule has 0 amide bonds. The molecule has 0 aliphatic rings. The smallest absolute Gasteiger partial charge is 0.309 e. The van der Waals surface area contributed by atoms with Gasteiger partial charge in [0.25, 0.3) is 0 Å². The number of imidazole rings is 1. The van der Waals surface area contributed by atoms with Gasteiger partial charge < -0.3 is 9.14 Å². The molecule has 0 N–H and O–H groups in total. The summed E-state index contributed by atoms with van der Waals surface area (Å²) < 4.78 is 30.4. The number of hydrogen-bond acceptors (Lipinski definition) is 5. The van der Waals surface area contributed by atoms with E-state index in [1.807, 2.05) is 12.1 Å². The number of hydrogen-bond donors (Lipinski definition) is 0. The molecule has 2 aromatic rings. The Morgan fingerprint density at radius 2 is 2.20 bits per heavy atom. The average Bonchev–Trinajstić information content (AvgIpc) is 2.77. The molecular weight excluding hydrogens is 280 g/mol. The van der Waals surface area contributed by atoms with Crippen molar-refractivity contribution in [2.45, 2.75) is 12.7 Å². The zero-order valence-corrected chi connectivity index (χ0v) is 12.1. The maximum atomic E-state index is 12.1. The highest BCUT2D eigenvalue weighted by Gasteiger charge is 2.23. The highest BCUT2D eigenvalue weighted by molar-refractivity contribution is 7.90. The fourth-order valence-electron chi connectivity index (χ4n) is 1.99. The largest absolute Gasteiger partial charge is 0.469 e. The number of pyridine rings is 1. The van der Waals surface area contributed by atoms with E-state index in [9.17, 15) is 13.2 Å². The third-order valence-electron chi connectivity index (χ3n) is 2.89. The molecule has 6 nitrogen and oxygen atoms in total. The number of esters is 1. The molecular formula is C13H16N2O4S. The molecule has 0 aromatic carbocycles. The van der Waals surface area contributed by atoms with Crippen molar-refractivity contribution in [1.82, 2.24) is 9.38 Å². The van der Waals surface area contributed by atoms with Crippen LogP contribution in [0.15, 0.2) is 30.6 Å². The van der Waals surface area contributed by atoms with Gasteiger partial charge in [-0.15, -0.1) is 0 Å². The van der Waals surface area contributed by atoms with Crippen LogP contribution in [0.4, 0.5) is 0 Å². The monoisotopic (exact) mass is 296 g/mol. The molecule has 0 fully saturated rings. The van der Waals surface area contributed by atoms with Gasteiger partial charge in [0.05, 0.1) is 30.2 Å². The molecule has 0 saturated heterocycles. The number of fused-ring (bicyclic) bond motifs is 1. The predicted molar refractivity (Wildman–Crippen MR) is 73.9 cm³/mol. The molecule has 0 spiro atoms. The molecule has 1 unspecified atom stereocenters. The first-order valence-electron chi connectivity index (χ1n) is 6.12. The second kappa shape index (κ2) is 5.62. The van der Waals surface area contributed by atoms with Crippen LogP contribution in [0.2, 0.25) is 0 Å². The van der Waals surface area contributed by atoms with Gasteiger partial charge in [0.2, 0.25) is 0 Å². The summed E-state index contributed by atoms with van der Waals surface area (Å²) in [4.78, 5) is 15.5. The number of rotatable bonds is 5. The summed E-state index contributed by atoms with van der Waals surface area (Å²) in [6.45, 7) is 1.53. The summed E-state index contributed by atoms with van der Waals surface area (Å²) in [5, 5.41) is 0. The predicted octanol–water partition coefficient (Wildman–Crippen LogP) is 1.06. The first-order valence-corrected chi connectivity index (χ1v) is 7.94. The number of carbonyl (C=O) groups is 1. The van der Waals surface area contributed by atoms with E-state index in [0.717, 1.165) is 0 Å². The first kappa shape index (κ1) is 14.5. The topological polar surface area (TPSA) is 77.7 Å². The molecule has 0 bridgehead atoms. The number of aromatic nitrogens is 2. The van der Waals surface area contributed by atoms with Gasteiger partial charge in [0, 0.05) is 12.4 Å². The lowest BCUT2D eigenvalue weighted by Gasteiger charge is -2.08. The van der Waals surface area contributed by atoms with E-state index in [2.05, 4.69) is 9.72 Å². The molecule has 20 heavy (non-hydrogen) atoms. The van der Waals surface area contributed by atoms with E-state index in [-0.39, 0.29) is 11.5 Å². The fourth-order valence-corrected chi connectivity index (χ4v) is 3.60. The normalized spacial score (nSPS) is 13.3. The summed E-state index contributed by atoms with van der Waals surface area (Å²) in [7, 11) is -2.17. The molecule has 2 aromatic heterocycles. The minimum Gasteiger partial charge on any atom is -0.469 e. The van der Waals surface area contributed by atoms with E-state index >= 15 is 0 Å². The number of ether oxygens (including phenoxy) is 1. The van der Waals surface area contributed by atoms with Crippen LogP contribution in [0, 0.1) is 5.92 Å². The van der Waals surface area contributed by atoms with Crippen molar-refractivity contribution in [2.75, 3.05) is 12.9 Å². The quantitative estimate of drug-likeness (QED) is 0.771. The van der Waals surface area contributed by atoms with E-state index < -0.39 is 21.7 Å². The van der Waals surface area contributed by atoms with Crippen molar-refractivity contribution in [2.24, 2.45) is 5.92 Å². The van der Waals surface area contributed by atoms with Gasteiger partial charge in [-0.3, -0.25) is 4.79 Å². The molecule has 108 valence electrons. The number of methoxy groups -OCH3 is 1. The molecule has 0 aliphatic carbocycles. The second-order valence-corrected chi connectivity index (χ2v) is 6.79. The van der Waals surface area contributed by atoms with Crippen LogP contribution < -0.4 is 0 Å². The Balaban J connectivity index is 2.13. The number of nitrogens with zero attached hydrogens (tertiary/aromatic N) is 2. The highest BCUT2D eigenvalue weighted by atomic mass is 32.2. The van der Waals surface area contributed by atoms with Crippen molar-refractivity contribution >= 4 is 21.5 Å². The van der Waals surface area contributed by atoms with E-state index in [1.165, 1.54) is 14.0 Å². The highest BCUT2D eigenvalue weighted by Crippen LogP contribution is 2.12. The first-order chi connectivity index (χ1) is 9.41. The molecule has 7 heteroatoms. The molecule has 0 aliphatic heterocycles. The average molecular weight is 296 g/mol. The van der Waals surface area contributed by atoms with Crippen molar-refractivity contribution in [3.63, 3.8) is 0 Å². The van der Waals surface area contributed by atoms with Crippen LogP contribution in [0.1, 0.15) is 12.6 Å². The number of sulfone groups is 1. The SMILES string of the molecule is COC(=O)C(C)CS(=O)(=O)Cc1cn2ccccc2n1. The molecule has 0 saturated carbocycles. The van der Waals surface area contributed by atoms with Crippen molar-refractivity contribution in [3.05, 3.63) is 36.3 Å². The van der Waals surface area contributed by atoms with Gasteiger partial charge in [0.1, 0.15) is 5.65 Å². The summed E-state index contributed by atoms with van der Waals surface area (Å²) in [5.41, 5.74) is 1.16. The maximum Gasteiger partial charge on any atom is 0.309 e. The van der Waals surface area contributed by atoms with Crippen LogP contribution in [-0.4, -0.2) is 36.6 Å². The van der Waals surface area contributed by atoms with Crippen LogP contribution in [-0.2, 0) is 25.1 Å². The van der Waals surface area contributed by atoms with Crippen molar-refractivity contribution < 1.29 is 17.9 Å². The van der Waals surface area contributed by atoms with Gasteiger partial charge in [-0.25, -0.2) is 13.4 Å². The van der Waals surface area contributed by atoms with Gasteiger partial charge in [-0.2, -0.15) is 0 Å². The third kappa shape index (κ3) is 3.36. The van der Waals surface area contributed by atoms with E-state index in [4.69, 9.17) is 0 Å². The lowest BCUT2D eigenvalue weighted by molar-refractivity contribution is -0.144. The Kier molecular flexibility index (Phi) is 4.08.